The van der Waals surface area contributed by atoms with E-state index in [2.05, 4.69) is 5.32 Å². The van der Waals surface area contributed by atoms with Gasteiger partial charge in [-0.05, 0) is 48.7 Å². The zero-order chi connectivity index (χ0) is 19.1. The number of hydrogen-bond donors (Lipinski definition) is 1. The molecule has 0 bridgehead atoms. The molecule has 138 valence electrons. The first-order chi connectivity index (χ1) is 12.4. The number of esters is 1. The minimum absolute atomic E-state index is 0.0388. The summed E-state index contributed by atoms with van der Waals surface area (Å²) in [5.74, 6) is 0.246. The summed E-state index contributed by atoms with van der Waals surface area (Å²) in [5, 5.41) is 2.75. The first-order valence-electron chi connectivity index (χ1n) is 8.17. The van der Waals surface area contributed by atoms with Crippen molar-refractivity contribution in [2.75, 3.05) is 26.1 Å². The maximum Gasteiger partial charge on any atom is 0.310 e. The molecule has 2 rings (SSSR count). The molecule has 0 fully saturated rings. The van der Waals surface area contributed by atoms with Gasteiger partial charge in [0.1, 0.15) is 0 Å². The van der Waals surface area contributed by atoms with E-state index in [9.17, 15) is 9.59 Å². The maximum atomic E-state index is 12.0. The molecular formula is C20H23NO5. The van der Waals surface area contributed by atoms with Gasteiger partial charge in [0, 0.05) is 5.69 Å². The number of hydrogen-bond acceptors (Lipinski definition) is 5. The van der Waals surface area contributed by atoms with Crippen LogP contribution in [0.1, 0.15) is 16.7 Å². The lowest BCUT2D eigenvalue weighted by Gasteiger charge is -2.11. The lowest BCUT2D eigenvalue weighted by atomic mass is 10.1. The van der Waals surface area contributed by atoms with Crippen LogP contribution in [0, 0.1) is 13.8 Å². The third-order valence-electron chi connectivity index (χ3n) is 4.04. The van der Waals surface area contributed by atoms with E-state index in [1.54, 1.807) is 25.3 Å². The van der Waals surface area contributed by atoms with Crippen LogP contribution in [0.4, 0.5) is 5.69 Å². The molecule has 0 saturated heterocycles. The molecule has 0 atom stereocenters. The number of methoxy groups -OCH3 is 2. The van der Waals surface area contributed by atoms with E-state index in [0.717, 1.165) is 11.1 Å². The maximum absolute atomic E-state index is 12.0. The minimum Gasteiger partial charge on any atom is -0.493 e. The van der Waals surface area contributed by atoms with E-state index in [4.69, 9.17) is 14.2 Å². The van der Waals surface area contributed by atoms with Gasteiger partial charge in [-0.1, -0.05) is 18.2 Å². The molecule has 0 saturated carbocycles. The molecule has 0 aliphatic heterocycles. The summed E-state index contributed by atoms with van der Waals surface area (Å²) >= 11 is 0. The highest BCUT2D eigenvalue weighted by Crippen LogP contribution is 2.27. The fourth-order valence-electron chi connectivity index (χ4n) is 2.43. The standard InChI is InChI=1S/C20H23NO5/c1-13-6-5-7-16(14(13)2)21-19(22)12-26-20(23)11-15-8-9-17(24-3)18(10-15)25-4/h5-10H,11-12H2,1-4H3,(H,21,22). The number of carbonyl (C=O) groups is 2. The highest BCUT2D eigenvalue weighted by molar-refractivity contribution is 5.93. The Bertz CT molecular complexity index is 801. The molecule has 6 nitrogen and oxygen atoms in total. The Hall–Kier alpha value is -3.02. The summed E-state index contributed by atoms with van der Waals surface area (Å²) in [6.07, 6.45) is 0.0388. The van der Waals surface area contributed by atoms with Crippen molar-refractivity contribution >= 4 is 17.6 Å². The van der Waals surface area contributed by atoms with Crippen molar-refractivity contribution in [3.63, 3.8) is 0 Å². The van der Waals surface area contributed by atoms with Crippen LogP contribution in [0.25, 0.3) is 0 Å². The fraction of sp³-hybridized carbons (Fsp3) is 0.300. The van der Waals surface area contributed by atoms with Gasteiger partial charge in [-0.15, -0.1) is 0 Å². The molecule has 26 heavy (non-hydrogen) atoms. The van der Waals surface area contributed by atoms with Gasteiger partial charge in [0.2, 0.25) is 0 Å². The molecule has 0 spiro atoms. The van der Waals surface area contributed by atoms with Crippen LogP contribution in [-0.2, 0) is 20.7 Å². The van der Waals surface area contributed by atoms with Crippen LogP contribution in [0.2, 0.25) is 0 Å². The molecule has 6 heteroatoms. The van der Waals surface area contributed by atoms with Crippen molar-refractivity contribution in [1.82, 2.24) is 0 Å². The molecule has 1 amide bonds. The SMILES string of the molecule is COc1ccc(CC(=O)OCC(=O)Nc2cccc(C)c2C)cc1OC. The van der Waals surface area contributed by atoms with Gasteiger partial charge in [-0.3, -0.25) is 9.59 Å². The molecule has 2 aromatic carbocycles. The average Bonchev–Trinajstić information content (AvgIpc) is 2.63. The zero-order valence-electron chi connectivity index (χ0n) is 15.4. The molecule has 0 aliphatic carbocycles. The van der Waals surface area contributed by atoms with E-state index in [1.807, 2.05) is 32.0 Å². The monoisotopic (exact) mass is 357 g/mol. The summed E-state index contributed by atoms with van der Waals surface area (Å²) in [6.45, 7) is 3.56. The number of benzene rings is 2. The Morgan fingerprint density at radius 3 is 2.42 bits per heavy atom. The highest BCUT2D eigenvalue weighted by atomic mass is 16.5. The van der Waals surface area contributed by atoms with Crippen molar-refractivity contribution < 1.29 is 23.8 Å². The third kappa shape index (κ3) is 4.99. The van der Waals surface area contributed by atoms with Gasteiger partial charge in [-0.2, -0.15) is 0 Å². The van der Waals surface area contributed by atoms with Crippen molar-refractivity contribution in [1.29, 1.82) is 0 Å². The topological polar surface area (TPSA) is 73.9 Å². The molecule has 0 heterocycles. The quantitative estimate of drug-likeness (QED) is 0.771. The second-order valence-corrected chi connectivity index (χ2v) is 5.82. The van der Waals surface area contributed by atoms with Gasteiger partial charge in [0.15, 0.2) is 18.1 Å². The summed E-state index contributed by atoms with van der Waals surface area (Å²) in [4.78, 5) is 24.0. The van der Waals surface area contributed by atoms with Crippen molar-refractivity contribution in [2.24, 2.45) is 0 Å². The zero-order valence-corrected chi connectivity index (χ0v) is 15.4. The van der Waals surface area contributed by atoms with E-state index in [1.165, 1.54) is 7.11 Å². The normalized spacial score (nSPS) is 10.2. The second-order valence-electron chi connectivity index (χ2n) is 5.82. The van der Waals surface area contributed by atoms with Gasteiger partial charge in [0.05, 0.1) is 20.6 Å². The highest BCUT2D eigenvalue weighted by Gasteiger charge is 2.12. The number of amides is 1. The van der Waals surface area contributed by atoms with Gasteiger partial charge >= 0.3 is 5.97 Å². The largest absolute Gasteiger partial charge is 0.493 e. The summed E-state index contributed by atoms with van der Waals surface area (Å²) < 4.78 is 15.4. The number of carbonyl (C=O) groups excluding carboxylic acids is 2. The van der Waals surface area contributed by atoms with Crippen LogP contribution >= 0.6 is 0 Å². The summed E-state index contributed by atoms with van der Waals surface area (Å²) in [5.41, 5.74) is 3.49. The van der Waals surface area contributed by atoms with Gasteiger partial charge < -0.3 is 19.5 Å². The number of ether oxygens (including phenoxy) is 3. The van der Waals surface area contributed by atoms with Gasteiger partial charge in [0.25, 0.3) is 5.91 Å². The Morgan fingerprint density at radius 1 is 1.00 bits per heavy atom. The summed E-state index contributed by atoms with van der Waals surface area (Å²) in [6, 6.07) is 10.8. The fourth-order valence-corrected chi connectivity index (χ4v) is 2.43. The number of rotatable bonds is 7. The number of aryl methyl sites for hydroxylation is 1. The lowest BCUT2D eigenvalue weighted by molar-refractivity contribution is -0.146. The van der Waals surface area contributed by atoms with E-state index in [-0.39, 0.29) is 18.9 Å². The predicted octanol–water partition coefficient (Wildman–Crippen LogP) is 3.05. The summed E-state index contributed by atoms with van der Waals surface area (Å²) in [7, 11) is 3.07. The molecule has 0 aliphatic rings. The van der Waals surface area contributed by atoms with E-state index in [0.29, 0.717) is 22.7 Å². The Balaban J connectivity index is 1.88. The molecule has 0 radical (unpaired) electrons. The number of nitrogens with one attached hydrogen (secondary N) is 1. The first kappa shape index (κ1) is 19.3. The van der Waals surface area contributed by atoms with E-state index >= 15 is 0 Å². The molecule has 1 N–H and O–H groups in total. The third-order valence-corrected chi connectivity index (χ3v) is 4.04. The average molecular weight is 357 g/mol. The van der Waals surface area contributed by atoms with E-state index < -0.39 is 5.97 Å². The lowest BCUT2D eigenvalue weighted by Crippen LogP contribution is -2.22. The van der Waals surface area contributed by atoms with Crippen LogP contribution in [0.15, 0.2) is 36.4 Å². The Morgan fingerprint density at radius 2 is 1.73 bits per heavy atom. The van der Waals surface area contributed by atoms with Crippen molar-refractivity contribution in [2.45, 2.75) is 20.3 Å². The van der Waals surface area contributed by atoms with Crippen molar-refractivity contribution in [3.8, 4) is 11.5 Å². The first-order valence-corrected chi connectivity index (χ1v) is 8.17. The molecule has 2 aromatic rings. The van der Waals surface area contributed by atoms with Crippen LogP contribution in [0.3, 0.4) is 0 Å². The minimum atomic E-state index is -0.492. The number of anilines is 1. The Kier molecular flexibility index (Phi) is 6.60. The molecule has 0 aromatic heterocycles. The Labute approximate surface area is 153 Å². The molecular weight excluding hydrogens is 334 g/mol. The predicted molar refractivity (Wildman–Crippen MR) is 98.8 cm³/mol. The van der Waals surface area contributed by atoms with Crippen LogP contribution in [0.5, 0.6) is 11.5 Å². The van der Waals surface area contributed by atoms with Crippen LogP contribution < -0.4 is 14.8 Å². The molecule has 0 unspecified atom stereocenters. The second kappa shape index (κ2) is 8.89. The van der Waals surface area contributed by atoms with Gasteiger partial charge in [-0.25, -0.2) is 0 Å². The van der Waals surface area contributed by atoms with Crippen LogP contribution in [-0.4, -0.2) is 32.7 Å². The smallest absolute Gasteiger partial charge is 0.310 e. The van der Waals surface area contributed by atoms with Crippen molar-refractivity contribution in [3.05, 3.63) is 53.1 Å².